The molecule has 5 N–H and O–H groups in total. The van der Waals surface area contributed by atoms with E-state index in [2.05, 4.69) is 10.3 Å². The molecule has 7 heteroatoms. The summed E-state index contributed by atoms with van der Waals surface area (Å²) in [6, 6.07) is 17.8. The zero-order valence-corrected chi connectivity index (χ0v) is 15.2. The van der Waals surface area contributed by atoms with Gasteiger partial charge in [-0.3, -0.25) is 4.98 Å². The third kappa shape index (κ3) is 5.39. The summed E-state index contributed by atoms with van der Waals surface area (Å²) >= 11 is 0. The SMILES string of the molecule is Nc1ccccc1[NH2+]C(=O)c1ccc(CNC(=O)OCc2cccnc2)cc1. The summed E-state index contributed by atoms with van der Waals surface area (Å²) < 4.78 is 5.13. The molecule has 3 rings (SSSR count). The molecule has 0 spiro atoms. The van der Waals surface area contributed by atoms with Crippen molar-refractivity contribution in [1.82, 2.24) is 10.3 Å². The van der Waals surface area contributed by atoms with Crippen LogP contribution in [0.15, 0.2) is 73.1 Å². The fourth-order valence-corrected chi connectivity index (χ4v) is 2.51. The average molecular weight is 377 g/mol. The monoisotopic (exact) mass is 377 g/mol. The first-order valence-electron chi connectivity index (χ1n) is 8.74. The van der Waals surface area contributed by atoms with Crippen molar-refractivity contribution in [2.45, 2.75) is 13.2 Å². The number of nitrogen functional groups attached to an aromatic ring is 1. The summed E-state index contributed by atoms with van der Waals surface area (Å²) in [5.41, 5.74) is 9.33. The summed E-state index contributed by atoms with van der Waals surface area (Å²) in [5, 5.41) is 4.19. The van der Waals surface area contributed by atoms with Gasteiger partial charge >= 0.3 is 12.0 Å². The van der Waals surface area contributed by atoms with Crippen molar-refractivity contribution in [3.63, 3.8) is 0 Å². The van der Waals surface area contributed by atoms with Gasteiger partial charge in [0.25, 0.3) is 0 Å². The number of hydrogen-bond donors (Lipinski definition) is 3. The number of primary amides is 1. The van der Waals surface area contributed by atoms with E-state index in [4.69, 9.17) is 10.5 Å². The lowest BCUT2D eigenvalue weighted by Gasteiger charge is -2.07. The van der Waals surface area contributed by atoms with Gasteiger partial charge in [0.1, 0.15) is 6.61 Å². The fraction of sp³-hybridized carbons (Fsp3) is 0.0952. The maximum Gasteiger partial charge on any atom is 0.407 e. The van der Waals surface area contributed by atoms with E-state index in [0.29, 0.717) is 23.5 Å². The number of anilines is 1. The highest BCUT2D eigenvalue weighted by Crippen LogP contribution is 2.11. The van der Waals surface area contributed by atoms with Gasteiger partial charge in [-0.05, 0) is 29.8 Å². The maximum absolute atomic E-state index is 12.4. The van der Waals surface area contributed by atoms with Gasteiger partial charge in [0.15, 0.2) is 5.69 Å². The average Bonchev–Trinajstić information content (AvgIpc) is 2.73. The van der Waals surface area contributed by atoms with Crippen LogP contribution < -0.4 is 16.4 Å². The Morgan fingerprint density at radius 2 is 1.79 bits per heavy atom. The Balaban J connectivity index is 1.48. The molecule has 28 heavy (non-hydrogen) atoms. The number of nitrogens with one attached hydrogen (secondary N) is 1. The third-order valence-corrected chi connectivity index (χ3v) is 4.05. The molecule has 1 heterocycles. The molecule has 0 bridgehead atoms. The van der Waals surface area contributed by atoms with Crippen LogP contribution in [-0.2, 0) is 17.9 Å². The Kier molecular flexibility index (Phi) is 6.33. The molecular weight excluding hydrogens is 356 g/mol. The molecule has 2 aromatic carbocycles. The van der Waals surface area contributed by atoms with Gasteiger partial charge in [0, 0.05) is 30.6 Å². The smallest absolute Gasteiger partial charge is 0.407 e. The van der Waals surface area contributed by atoms with Crippen LogP contribution in [0.5, 0.6) is 0 Å². The Hall–Kier alpha value is -3.71. The summed E-state index contributed by atoms with van der Waals surface area (Å²) in [6.45, 7) is 0.460. The zero-order valence-electron chi connectivity index (χ0n) is 15.2. The van der Waals surface area contributed by atoms with Crippen molar-refractivity contribution < 1.29 is 19.6 Å². The van der Waals surface area contributed by atoms with E-state index in [1.165, 1.54) is 5.32 Å². The van der Waals surface area contributed by atoms with Gasteiger partial charge in [-0.25, -0.2) is 14.9 Å². The highest BCUT2D eigenvalue weighted by Gasteiger charge is 2.13. The van der Waals surface area contributed by atoms with Crippen LogP contribution in [0.25, 0.3) is 0 Å². The zero-order chi connectivity index (χ0) is 19.8. The molecular formula is C21H21N4O3+. The van der Waals surface area contributed by atoms with E-state index in [1.54, 1.807) is 54.9 Å². The van der Waals surface area contributed by atoms with Gasteiger partial charge < -0.3 is 15.8 Å². The molecule has 0 saturated heterocycles. The molecule has 2 amide bonds. The Labute approximate surface area is 162 Å². The number of pyridine rings is 1. The van der Waals surface area contributed by atoms with Gasteiger partial charge in [0.05, 0.1) is 11.3 Å². The second-order valence-corrected chi connectivity index (χ2v) is 6.13. The number of nitrogens with zero attached hydrogens (tertiary/aromatic N) is 1. The van der Waals surface area contributed by atoms with E-state index in [0.717, 1.165) is 11.1 Å². The Morgan fingerprint density at radius 3 is 2.50 bits per heavy atom. The lowest BCUT2D eigenvalue weighted by molar-refractivity contribution is -0.463. The number of quaternary nitrogens is 1. The van der Waals surface area contributed by atoms with E-state index >= 15 is 0 Å². The first-order chi connectivity index (χ1) is 13.6. The highest BCUT2D eigenvalue weighted by molar-refractivity contribution is 5.88. The largest absolute Gasteiger partial charge is 0.445 e. The summed E-state index contributed by atoms with van der Waals surface area (Å²) in [6.07, 6.45) is 2.78. The summed E-state index contributed by atoms with van der Waals surface area (Å²) in [4.78, 5) is 28.1. The van der Waals surface area contributed by atoms with Gasteiger partial charge in [-0.1, -0.05) is 30.3 Å². The molecule has 142 valence electrons. The van der Waals surface area contributed by atoms with Crippen LogP contribution in [0.4, 0.5) is 16.2 Å². The number of amides is 2. The number of benzene rings is 2. The van der Waals surface area contributed by atoms with Crippen LogP contribution >= 0.6 is 0 Å². The number of aromatic nitrogens is 1. The van der Waals surface area contributed by atoms with E-state index in [-0.39, 0.29) is 12.5 Å². The first-order valence-corrected chi connectivity index (χ1v) is 8.74. The van der Waals surface area contributed by atoms with Crippen molar-refractivity contribution in [3.8, 4) is 0 Å². The molecule has 0 fully saturated rings. The number of nitrogens with two attached hydrogens (primary N) is 2. The topological polar surface area (TPSA) is 111 Å². The molecule has 0 saturated carbocycles. The second kappa shape index (κ2) is 9.29. The number of ether oxygens (including phenoxy) is 1. The van der Waals surface area contributed by atoms with Crippen molar-refractivity contribution in [1.29, 1.82) is 0 Å². The highest BCUT2D eigenvalue weighted by atomic mass is 16.5. The van der Waals surface area contributed by atoms with Crippen LogP contribution in [-0.4, -0.2) is 17.0 Å². The summed E-state index contributed by atoms with van der Waals surface area (Å²) in [7, 11) is 0. The van der Waals surface area contributed by atoms with Gasteiger partial charge in [0.2, 0.25) is 0 Å². The van der Waals surface area contributed by atoms with Crippen LogP contribution in [0.2, 0.25) is 0 Å². The number of carbonyl (C=O) groups excluding carboxylic acids is 2. The van der Waals surface area contributed by atoms with Gasteiger partial charge in [-0.15, -0.1) is 0 Å². The number of carbonyl (C=O) groups is 2. The number of rotatable bonds is 6. The molecule has 7 nitrogen and oxygen atoms in total. The molecule has 0 aliphatic rings. The molecule has 0 unspecified atom stereocenters. The van der Waals surface area contributed by atoms with E-state index in [1.807, 2.05) is 18.2 Å². The standard InChI is InChI=1S/C21H20N4O3/c22-18-5-1-2-6-19(18)25-20(26)17-9-7-15(8-10-17)13-24-21(27)28-14-16-4-3-11-23-12-16/h1-12H,13-14,22H2,(H,24,27)(H,25,26)/p+1. The molecule has 1 aromatic heterocycles. The molecule has 3 aromatic rings. The predicted molar refractivity (Wildman–Crippen MR) is 104 cm³/mol. The Morgan fingerprint density at radius 1 is 1.00 bits per heavy atom. The van der Waals surface area contributed by atoms with Crippen molar-refractivity contribution in [2.24, 2.45) is 0 Å². The van der Waals surface area contributed by atoms with E-state index < -0.39 is 6.09 Å². The molecule has 0 aliphatic heterocycles. The van der Waals surface area contributed by atoms with Crippen molar-refractivity contribution in [3.05, 3.63) is 89.7 Å². The number of hydrogen-bond acceptors (Lipinski definition) is 5. The quantitative estimate of drug-likeness (QED) is 0.570. The minimum absolute atomic E-state index is 0.131. The van der Waals surface area contributed by atoms with Crippen LogP contribution in [0.1, 0.15) is 21.5 Å². The van der Waals surface area contributed by atoms with Crippen molar-refractivity contribution >= 4 is 23.4 Å². The predicted octanol–water partition coefficient (Wildman–Crippen LogP) is 2.13. The lowest BCUT2D eigenvalue weighted by atomic mass is 10.1. The normalized spacial score (nSPS) is 10.3. The molecule has 0 atom stereocenters. The third-order valence-electron chi connectivity index (χ3n) is 4.05. The van der Waals surface area contributed by atoms with Gasteiger partial charge in [-0.2, -0.15) is 0 Å². The lowest BCUT2D eigenvalue weighted by Crippen LogP contribution is -2.82. The number of para-hydroxylation sites is 2. The molecule has 0 radical (unpaired) electrons. The van der Waals surface area contributed by atoms with Crippen molar-refractivity contribution in [2.75, 3.05) is 5.73 Å². The fourth-order valence-electron chi connectivity index (χ4n) is 2.51. The van der Waals surface area contributed by atoms with E-state index in [9.17, 15) is 9.59 Å². The minimum Gasteiger partial charge on any atom is -0.445 e. The second-order valence-electron chi connectivity index (χ2n) is 6.13. The maximum atomic E-state index is 12.4. The minimum atomic E-state index is -0.517. The summed E-state index contributed by atoms with van der Waals surface area (Å²) in [5.74, 6) is -0.131. The Bertz CT molecular complexity index is 943. The van der Waals surface area contributed by atoms with Crippen LogP contribution in [0.3, 0.4) is 0 Å². The molecule has 0 aliphatic carbocycles. The first kappa shape index (κ1) is 19.1. The van der Waals surface area contributed by atoms with Crippen LogP contribution in [0, 0.1) is 0 Å². The number of alkyl carbamates (subject to hydrolysis) is 1.